The molecule has 0 bridgehead atoms. The fourth-order valence-corrected chi connectivity index (χ4v) is 3.60. The molecule has 0 saturated carbocycles. The summed E-state index contributed by atoms with van der Waals surface area (Å²) in [6, 6.07) is 10.8. The van der Waals surface area contributed by atoms with E-state index >= 15 is 0 Å². The molecule has 9 heteroatoms. The monoisotopic (exact) mass is 430 g/mol. The van der Waals surface area contributed by atoms with Gasteiger partial charge in [0.15, 0.2) is 0 Å². The zero-order valence-corrected chi connectivity index (χ0v) is 17.1. The Balaban J connectivity index is 1.32. The molecule has 1 aliphatic heterocycles. The van der Waals surface area contributed by atoms with Gasteiger partial charge in [-0.05, 0) is 36.4 Å². The van der Waals surface area contributed by atoms with Gasteiger partial charge in [0.1, 0.15) is 28.9 Å². The van der Waals surface area contributed by atoms with Gasteiger partial charge in [-0.25, -0.2) is 9.97 Å². The normalized spacial score (nSPS) is 13.9. The van der Waals surface area contributed by atoms with E-state index in [1.807, 2.05) is 12.1 Å². The van der Waals surface area contributed by atoms with Gasteiger partial charge >= 0.3 is 0 Å². The average molecular weight is 431 g/mol. The van der Waals surface area contributed by atoms with Crippen LogP contribution in [0.25, 0.3) is 0 Å². The van der Waals surface area contributed by atoms with Crippen LogP contribution in [-0.4, -0.2) is 42.2 Å². The van der Waals surface area contributed by atoms with Crippen molar-refractivity contribution in [1.29, 1.82) is 0 Å². The van der Waals surface area contributed by atoms with Crippen LogP contribution in [0.15, 0.2) is 48.0 Å². The number of ether oxygens (including phenoxy) is 2. The lowest BCUT2D eigenvalue weighted by atomic mass is 10.3. The number of carbonyl (C=O) groups is 1. The van der Waals surface area contributed by atoms with Crippen LogP contribution < -0.4 is 15.0 Å². The van der Waals surface area contributed by atoms with E-state index in [2.05, 4.69) is 20.2 Å². The van der Waals surface area contributed by atoms with Gasteiger partial charge in [-0.3, -0.25) is 4.79 Å². The van der Waals surface area contributed by atoms with Crippen molar-refractivity contribution in [2.75, 3.05) is 36.5 Å². The predicted octanol–water partition coefficient (Wildman–Crippen LogP) is 3.86. The van der Waals surface area contributed by atoms with E-state index in [9.17, 15) is 4.79 Å². The van der Waals surface area contributed by atoms with E-state index in [-0.39, 0.29) is 12.5 Å². The average Bonchev–Trinajstić information content (AvgIpc) is 3.24. The molecule has 2 aromatic heterocycles. The Hall–Kier alpha value is -2.68. The quantitative estimate of drug-likeness (QED) is 0.640. The molecule has 4 rings (SSSR count). The number of halogens is 1. The summed E-state index contributed by atoms with van der Waals surface area (Å²) >= 11 is 7.23. The highest BCUT2D eigenvalue weighted by atomic mass is 35.5. The molecule has 0 spiro atoms. The molecule has 29 heavy (non-hydrogen) atoms. The number of rotatable bonds is 6. The standard InChI is InChI=1S/C20H19ClN4O3S/c21-14-1-4-16(5-2-14)28-12-19-24-17(13-29-19)20(26)23-15-3-6-18(22-11-15)25-7-9-27-10-8-25/h1-6,11,13H,7-10,12H2,(H,23,26). The second-order valence-electron chi connectivity index (χ2n) is 6.33. The first-order chi connectivity index (χ1) is 14.2. The minimum atomic E-state index is -0.278. The van der Waals surface area contributed by atoms with E-state index in [1.54, 1.807) is 35.8 Å². The summed E-state index contributed by atoms with van der Waals surface area (Å²) < 4.78 is 11.0. The van der Waals surface area contributed by atoms with Crippen molar-refractivity contribution in [3.05, 3.63) is 63.7 Å². The number of benzene rings is 1. The van der Waals surface area contributed by atoms with E-state index in [1.165, 1.54) is 11.3 Å². The molecule has 0 radical (unpaired) electrons. The van der Waals surface area contributed by atoms with Crippen molar-refractivity contribution in [1.82, 2.24) is 9.97 Å². The van der Waals surface area contributed by atoms with Crippen LogP contribution in [0.5, 0.6) is 5.75 Å². The summed E-state index contributed by atoms with van der Waals surface area (Å²) in [5.74, 6) is 1.29. The maximum absolute atomic E-state index is 12.4. The lowest BCUT2D eigenvalue weighted by molar-refractivity contribution is 0.102. The number of carbonyl (C=O) groups excluding carboxylic acids is 1. The highest BCUT2D eigenvalue weighted by Crippen LogP contribution is 2.19. The van der Waals surface area contributed by atoms with E-state index in [0.717, 1.165) is 18.9 Å². The first-order valence-electron chi connectivity index (χ1n) is 9.10. The summed E-state index contributed by atoms with van der Waals surface area (Å²) in [6.45, 7) is 3.33. The van der Waals surface area contributed by atoms with Gasteiger partial charge in [0.2, 0.25) is 0 Å². The largest absolute Gasteiger partial charge is 0.486 e. The lowest BCUT2D eigenvalue weighted by Gasteiger charge is -2.27. The van der Waals surface area contributed by atoms with Crippen LogP contribution in [0.1, 0.15) is 15.5 Å². The Kier molecular flexibility index (Phi) is 6.24. The predicted molar refractivity (Wildman–Crippen MR) is 113 cm³/mol. The van der Waals surface area contributed by atoms with Crippen LogP contribution in [0.2, 0.25) is 5.02 Å². The zero-order chi connectivity index (χ0) is 20.1. The van der Waals surface area contributed by atoms with Crippen molar-refractivity contribution < 1.29 is 14.3 Å². The first-order valence-corrected chi connectivity index (χ1v) is 10.4. The number of hydrogen-bond donors (Lipinski definition) is 1. The molecule has 1 fully saturated rings. The lowest BCUT2D eigenvalue weighted by Crippen LogP contribution is -2.36. The SMILES string of the molecule is O=C(Nc1ccc(N2CCOCC2)nc1)c1csc(COc2ccc(Cl)cc2)n1. The van der Waals surface area contributed by atoms with E-state index in [0.29, 0.717) is 40.4 Å². The molecule has 3 aromatic rings. The third-order valence-corrected chi connectivity index (χ3v) is 5.38. The number of morpholine rings is 1. The molecule has 1 amide bonds. The molecule has 1 saturated heterocycles. The summed E-state index contributed by atoms with van der Waals surface area (Å²) in [5, 5.41) is 5.90. The molecular weight excluding hydrogens is 412 g/mol. The third-order valence-electron chi connectivity index (χ3n) is 4.30. The van der Waals surface area contributed by atoms with Crippen LogP contribution in [-0.2, 0) is 11.3 Å². The van der Waals surface area contributed by atoms with Gasteiger partial charge in [0, 0.05) is 23.5 Å². The maximum atomic E-state index is 12.4. The van der Waals surface area contributed by atoms with Gasteiger partial charge < -0.3 is 19.7 Å². The Labute approximate surface area is 177 Å². The molecule has 1 N–H and O–H groups in total. The summed E-state index contributed by atoms with van der Waals surface area (Å²) in [5.41, 5.74) is 0.973. The highest BCUT2D eigenvalue weighted by molar-refractivity contribution is 7.09. The first kappa shape index (κ1) is 19.6. The minimum absolute atomic E-state index is 0.278. The second-order valence-corrected chi connectivity index (χ2v) is 7.71. The van der Waals surface area contributed by atoms with Gasteiger partial charge in [0.25, 0.3) is 5.91 Å². The van der Waals surface area contributed by atoms with Gasteiger partial charge in [-0.1, -0.05) is 11.6 Å². The van der Waals surface area contributed by atoms with Gasteiger partial charge in [-0.15, -0.1) is 11.3 Å². The topological polar surface area (TPSA) is 76.6 Å². The number of amides is 1. The second kappa shape index (κ2) is 9.21. The van der Waals surface area contributed by atoms with Gasteiger partial charge in [0.05, 0.1) is 25.1 Å². The summed E-state index contributed by atoms with van der Waals surface area (Å²) in [6.07, 6.45) is 1.65. The number of pyridine rings is 1. The fourth-order valence-electron chi connectivity index (χ4n) is 2.79. The van der Waals surface area contributed by atoms with Crippen LogP contribution in [0.4, 0.5) is 11.5 Å². The van der Waals surface area contributed by atoms with Crippen molar-refractivity contribution >= 4 is 40.4 Å². The van der Waals surface area contributed by atoms with Crippen molar-refractivity contribution in [3.63, 3.8) is 0 Å². The van der Waals surface area contributed by atoms with Crippen molar-refractivity contribution in [2.45, 2.75) is 6.61 Å². The maximum Gasteiger partial charge on any atom is 0.275 e. The van der Waals surface area contributed by atoms with Crippen LogP contribution in [0, 0.1) is 0 Å². The Morgan fingerprint density at radius 1 is 1.21 bits per heavy atom. The number of nitrogens with zero attached hydrogens (tertiary/aromatic N) is 3. The molecule has 1 aromatic carbocycles. The smallest absolute Gasteiger partial charge is 0.275 e. The van der Waals surface area contributed by atoms with Crippen molar-refractivity contribution in [2.24, 2.45) is 0 Å². The minimum Gasteiger partial charge on any atom is -0.486 e. The third kappa shape index (κ3) is 5.23. The van der Waals surface area contributed by atoms with Crippen molar-refractivity contribution in [3.8, 4) is 5.75 Å². The number of aromatic nitrogens is 2. The van der Waals surface area contributed by atoms with E-state index < -0.39 is 0 Å². The molecule has 1 aliphatic rings. The number of hydrogen-bond acceptors (Lipinski definition) is 7. The van der Waals surface area contributed by atoms with Crippen LogP contribution in [0.3, 0.4) is 0 Å². The molecule has 150 valence electrons. The fraction of sp³-hybridized carbons (Fsp3) is 0.250. The molecule has 3 heterocycles. The number of thiazole rings is 1. The Morgan fingerprint density at radius 2 is 2.00 bits per heavy atom. The zero-order valence-electron chi connectivity index (χ0n) is 15.5. The number of anilines is 2. The molecular formula is C20H19ClN4O3S. The highest BCUT2D eigenvalue weighted by Gasteiger charge is 2.14. The number of nitrogens with one attached hydrogen (secondary N) is 1. The summed E-state index contributed by atoms with van der Waals surface area (Å²) in [7, 11) is 0. The van der Waals surface area contributed by atoms with Gasteiger partial charge in [-0.2, -0.15) is 0 Å². The molecule has 0 atom stereocenters. The van der Waals surface area contributed by atoms with Crippen LogP contribution >= 0.6 is 22.9 Å². The molecule has 7 nitrogen and oxygen atoms in total. The van der Waals surface area contributed by atoms with E-state index in [4.69, 9.17) is 21.1 Å². The Bertz CT molecular complexity index is 957. The summed E-state index contributed by atoms with van der Waals surface area (Å²) in [4.78, 5) is 23.4. The molecule has 0 unspecified atom stereocenters. The Morgan fingerprint density at radius 3 is 2.72 bits per heavy atom. The molecule has 0 aliphatic carbocycles.